The summed E-state index contributed by atoms with van der Waals surface area (Å²) in [5.74, 6) is -2.18. The van der Waals surface area contributed by atoms with Crippen molar-refractivity contribution in [2.75, 3.05) is 6.54 Å². The first-order valence-corrected chi connectivity index (χ1v) is 6.77. The molecule has 18 heavy (non-hydrogen) atoms. The Labute approximate surface area is 108 Å². The van der Waals surface area contributed by atoms with Crippen LogP contribution in [0.1, 0.15) is 39.0 Å². The van der Waals surface area contributed by atoms with Gasteiger partial charge in [-0.25, -0.2) is 0 Å². The van der Waals surface area contributed by atoms with E-state index < -0.39 is 17.8 Å². The van der Waals surface area contributed by atoms with Gasteiger partial charge in [-0.05, 0) is 39.0 Å². The van der Waals surface area contributed by atoms with Crippen molar-refractivity contribution in [2.45, 2.75) is 45.1 Å². The maximum Gasteiger partial charge on any atom is 0.226 e. The molecular formula is C14H20NO3-. The first kappa shape index (κ1) is 13.1. The maximum atomic E-state index is 12.5. The molecule has 1 aliphatic carbocycles. The minimum atomic E-state index is -1.10. The summed E-state index contributed by atoms with van der Waals surface area (Å²) < 4.78 is 0. The average Bonchev–Trinajstić information content (AvgIpc) is 2.38. The third-order valence-corrected chi connectivity index (χ3v) is 4.14. The van der Waals surface area contributed by atoms with Crippen molar-refractivity contribution >= 4 is 11.9 Å². The van der Waals surface area contributed by atoms with Crippen molar-refractivity contribution in [1.82, 2.24) is 4.90 Å². The van der Waals surface area contributed by atoms with E-state index in [0.717, 1.165) is 25.8 Å². The average molecular weight is 250 g/mol. The standard InChI is InChI=1S/C14H21NO3/c1-10-6-4-5-9-15(10)13(16)11-7-2-3-8-12(11)14(17)18/h2-3,10-12H,4-9H2,1H3,(H,17,18)/p-1. The fourth-order valence-electron chi connectivity index (χ4n) is 2.99. The number of nitrogens with zero attached hydrogens (tertiary/aromatic N) is 1. The highest BCUT2D eigenvalue weighted by Crippen LogP contribution is 2.29. The number of hydrogen-bond acceptors (Lipinski definition) is 3. The third-order valence-electron chi connectivity index (χ3n) is 4.14. The molecule has 100 valence electrons. The Morgan fingerprint density at radius 2 is 1.83 bits per heavy atom. The maximum absolute atomic E-state index is 12.5. The van der Waals surface area contributed by atoms with Crippen LogP contribution in [0.5, 0.6) is 0 Å². The lowest BCUT2D eigenvalue weighted by atomic mass is 9.81. The quantitative estimate of drug-likeness (QED) is 0.678. The van der Waals surface area contributed by atoms with Gasteiger partial charge in [0, 0.05) is 30.4 Å². The monoisotopic (exact) mass is 250 g/mol. The minimum Gasteiger partial charge on any atom is -0.550 e. The van der Waals surface area contributed by atoms with Crippen LogP contribution in [0, 0.1) is 11.8 Å². The summed E-state index contributed by atoms with van der Waals surface area (Å²) in [6.07, 6.45) is 7.89. The van der Waals surface area contributed by atoms with Gasteiger partial charge in [0.15, 0.2) is 0 Å². The van der Waals surface area contributed by atoms with Crippen LogP contribution >= 0.6 is 0 Å². The lowest BCUT2D eigenvalue weighted by Gasteiger charge is -2.38. The first-order chi connectivity index (χ1) is 8.61. The molecule has 1 fully saturated rings. The van der Waals surface area contributed by atoms with Gasteiger partial charge in [-0.1, -0.05) is 12.2 Å². The van der Waals surface area contributed by atoms with Crippen LogP contribution in [0.2, 0.25) is 0 Å². The number of allylic oxidation sites excluding steroid dienone is 2. The molecule has 1 saturated heterocycles. The normalized spacial score (nSPS) is 32.3. The summed E-state index contributed by atoms with van der Waals surface area (Å²) in [6.45, 7) is 2.81. The smallest absolute Gasteiger partial charge is 0.226 e. The van der Waals surface area contributed by atoms with E-state index in [0.29, 0.717) is 12.8 Å². The molecule has 1 heterocycles. The number of aliphatic carboxylic acids is 1. The van der Waals surface area contributed by atoms with E-state index in [9.17, 15) is 14.7 Å². The zero-order chi connectivity index (χ0) is 13.1. The molecule has 4 nitrogen and oxygen atoms in total. The van der Waals surface area contributed by atoms with E-state index in [1.807, 2.05) is 24.0 Å². The number of carbonyl (C=O) groups is 2. The summed E-state index contributed by atoms with van der Waals surface area (Å²) >= 11 is 0. The van der Waals surface area contributed by atoms with Crippen LogP contribution in [0.4, 0.5) is 0 Å². The Morgan fingerprint density at radius 3 is 2.44 bits per heavy atom. The Hall–Kier alpha value is -1.32. The van der Waals surface area contributed by atoms with E-state index in [2.05, 4.69) is 0 Å². The number of rotatable bonds is 2. The van der Waals surface area contributed by atoms with Crippen molar-refractivity contribution in [3.05, 3.63) is 12.2 Å². The molecule has 1 amide bonds. The SMILES string of the molecule is CC1CCCCN1C(=O)C1CC=CCC1C(=O)[O-]. The predicted octanol–water partition coefficient (Wildman–Crippen LogP) is 0.720. The fourth-order valence-corrected chi connectivity index (χ4v) is 2.99. The van der Waals surface area contributed by atoms with E-state index in [4.69, 9.17) is 0 Å². The molecule has 0 saturated carbocycles. The molecule has 2 aliphatic rings. The predicted molar refractivity (Wildman–Crippen MR) is 65.4 cm³/mol. The molecule has 4 heteroatoms. The van der Waals surface area contributed by atoms with Crippen LogP contribution < -0.4 is 5.11 Å². The number of likely N-dealkylation sites (tertiary alicyclic amines) is 1. The summed E-state index contributed by atoms with van der Waals surface area (Å²) in [4.78, 5) is 25.5. The Kier molecular flexibility index (Phi) is 4.04. The van der Waals surface area contributed by atoms with Gasteiger partial charge >= 0.3 is 0 Å². The molecule has 0 aromatic heterocycles. The van der Waals surface area contributed by atoms with Gasteiger partial charge in [0.05, 0.1) is 0 Å². The van der Waals surface area contributed by atoms with Gasteiger partial charge in [0.25, 0.3) is 0 Å². The Bertz CT molecular complexity index is 364. The third kappa shape index (κ3) is 2.57. The van der Waals surface area contributed by atoms with E-state index >= 15 is 0 Å². The van der Waals surface area contributed by atoms with Crippen molar-refractivity contribution < 1.29 is 14.7 Å². The summed E-state index contributed by atoms with van der Waals surface area (Å²) in [5.41, 5.74) is 0. The van der Waals surface area contributed by atoms with Crippen LogP contribution in [-0.2, 0) is 9.59 Å². The highest BCUT2D eigenvalue weighted by molar-refractivity contribution is 5.85. The molecule has 0 aromatic carbocycles. The van der Waals surface area contributed by atoms with Crippen molar-refractivity contribution in [2.24, 2.45) is 11.8 Å². The number of amides is 1. The lowest BCUT2D eigenvalue weighted by molar-refractivity contribution is -0.313. The molecule has 0 N–H and O–H groups in total. The zero-order valence-electron chi connectivity index (χ0n) is 10.8. The Morgan fingerprint density at radius 1 is 1.17 bits per heavy atom. The van der Waals surface area contributed by atoms with Gasteiger partial charge in [-0.3, -0.25) is 4.79 Å². The van der Waals surface area contributed by atoms with Gasteiger partial charge in [-0.15, -0.1) is 0 Å². The fraction of sp³-hybridized carbons (Fsp3) is 0.714. The van der Waals surface area contributed by atoms with Crippen LogP contribution in [0.15, 0.2) is 12.2 Å². The van der Waals surface area contributed by atoms with E-state index in [1.165, 1.54) is 0 Å². The Balaban J connectivity index is 2.11. The van der Waals surface area contributed by atoms with Gasteiger partial charge in [-0.2, -0.15) is 0 Å². The second-order valence-corrected chi connectivity index (χ2v) is 5.35. The van der Waals surface area contributed by atoms with E-state index in [-0.39, 0.29) is 11.9 Å². The van der Waals surface area contributed by atoms with Crippen LogP contribution in [-0.4, -0.2) is 29.4 Å². The first-order valence-electron chi connectivity index (χ1n) is 6.77. The number of carbonyl (C=O) groups excluding carboxylic acids is 2. The summed E-state index contributed by atoms with van der Waals surface area (Å²) in [5, 5.41) is 11.1. The molecule has 0 spiro atoms. The van der Waals surface area contributed by atoms with Gasteiger partial charge in [0.1, 0.15) is 0 Å². The van der Waals surface area contributed by atoms with Gasteiger partial charge < -0.3 is 14.8 Å². The molecule has 0 radical (unpaired) electrons. The van der Waals surface area contributed by atoms with Crippen LogP contribution in [0.3, 0.4) is 0 Å². The molecule has 1 aliphatic heterocycles. The van der Waals surface area contributed by atoms with Crippen molar-refractivity contribution in [3.8, 4) is 0 Å². The summed E-state index contributed by atoms with van der Waals surface area (Å²) in [6, 6.07) is 0.236. The number of carboxylic acids is 1. The molecule has 2 rings (SSSR count). The molecule has 3 unspecified atom stereocenters. The highest BCUT2D eigenvalue weighted by Gasteiger charge is 2.35. The highest BCUT2D eigenvalue weighted by atomic mass is 16.4. The van der Waals surface area contributed by atoms with Crippen molar-refractivity contribution in [1.29, 1.82) is 0 Å². The van der Waals surface area contributed by atoms with E-state index in [1.54, 1.807) is 0 Å². The second kappa shape index (κ2) is 5.55. The van der Waals surface area contributed by atoms with Crippen LogP contribution in [0.25, 0.3) is 0 Å². The van der Waals surface area contributed by atoms with Gasteiger partial charge in [0.2, 0.25) is 5.91 Å². The molecule has 0 bridgehead atoms. The minimum absolute atomic E-state index is 0.000694. The van der Waals surface area contributed by atoms with Crippen molar-refractivity contribution in [3.63, 3.8) is 0 Å². The number of hydrogen-bond donors (Lipinski definition) is 0. The molecular weight excluding hydrogens is 230 g/mol. The largest absolute Gasteiger partial charge is 0.550 e. The summed E-state index contributed by atoms with van der Waals surface area (Å²) in [7, 11) is 0. The number of piperidine rings is 1. The zero-order valence-corrected chi connectivity index (χ0v) is 10.8. The number of carboxylic acid groups (broad SMARTS) is 1. The molecule has 3 atom stereocenters. The second-order valence-electron chi connectivity index (χ2n) is 5.35. The molecule has 0 aromatic rings. The topological polar surface area (TPSA) is 60.4 Å². The lowest BCUT2D eigenvalue weighted by Crippen LogP contribution is -2.49.